The SMILES string of the molecule is c1ccc(-c2cc(-c3cccc(-c4ccc5c(c4)c4ccccc4n5-c4ccccc4)c3)c3c(ccc4ccccc43)n2)cc1. The fourth-order valence-corrected chi connectivity index (χ4v) is 6.87. The number of rotatable bonds is 4. The van der Waals surface area contributed by atoms with Gasteiger partial charge in [0, 0.05) is 27.4 Å². The quantitative estimate of drug-likeness (QED) is 0.192. The Labute approximate surface area is 261 Å². The molecular formula is C43H28N2. The number of aromatic nitrogens is 2. The lowest BCUT2D eigenvalue weighted by molar-refractivity contribution is 1.18. The van der Waals surface area contributed by atoms with E-state index in [0.29, 0.717) is 0 Å². The minimum atomic E-state index is 0.980. The first-order valence-corrected chi connectivity index (χ1v) is 15.4. The second-order valence-electron chi connectivity index (χ2n) is 11.6. The molecule has 7 aromatic carbocycles. The Balaban J connectivity index is 1.26. The second kappa shape index (κ2) is 10.3. The fraction of sp³-hybridized carbons (Fsp3) is 0. The van der Waals surface area contributed by atoms with Crippen LogP contribution in [0.25, 0.3) is 82.7 Å². The van der Waals surface area contributed by atoms with Gasteiger partial charge >= 0.3 is 0 Å². The fourth-order valence-electron chi connectivity index (χ4n) is 6.87. The molecule has 9 aromatic rings. The molecule has 0 amide bonds. The molecule has 45 heavy (non-hydrogen) atoms. The summed E-state index contributed by atoms with van der Waals surface area (Å²) in [4.78, 5) is 5.15. The van der Waals surface area contributed by atoms with Crippen LogP contribution in [0.3, 0.4) is 0 Å². The van der Waals surface area contributed by atoms with E-state index in [1.165, 1.54) is 65.9 Å². The molecule has 0 atom stereocenters. The summed E-state index contributed by atoms with van der Waals surface area (Å²) in [6.45, 7) is 0. The van der Waals surface area contributed by atoms with Crippen LogP contribution in [0.2, 0.25) is 0 Å². The lowest BCUT2D eigenvalue weighted by atomic mass is 9.92. The number of benzene rings is 7. The average Bonchev–Trinajstić information content (AvgIpc) is 3.45. The van der Waals surface area contributed by atoms with Crippen molar-refractivity contribution in [2.75, 3.05) is 0 Å². The van der Waals surface area contributed by atoms with Crippen LogP contribution in [0.5, 0.6) is 0 Å². The van der Waals surface area contributed by atoms with Crippen molar-refractivity contribution in [1.29, 1.82) is 0 Å². The number of hydrogen-bond acceptors (Lipinski definition) is 1. The molecule has 2 aromatic heterocycles. The van der Waals surface area contributed by atoms with Gasteiger partial charge in [0.15, 0.2) is 0 Å². The maximum Gasteiger partial charge on any atom is 0.0722 e. The zero-order valence-electron chi connectivity index (χ0n) is 24.6. The molecule has 0 saturated carbocycles. The van der Waals surface area contributed by atoms with E-state index in [9.17, 15) is 0 Å². The molecule has 0 aliphatic rings. The molecule has 0 bridgehead atoms. The molecule has 210 valence electrons. The molecular weight excluding hydrogens is 544 g/mol. The Hall–Kier alpha value is -5.99. The van der Waals surface area contributed by atoms with Crippen LogP contribution in [0.1, 0.15) is 0 Å². The van der Waals surface area contributed by atoms with Crippen molar-refractivity contribution in [1.82, 2.24) is 9.55 Å². The number of hydrogen-bond donors (Lipinski definition) is 0. The number of para-hydroxylation sites is 2. The Morgan fingerprint density at radius 1 is 0.400 bits per heavy atom. The van der Waals surface area contributed by atoms with Gasteiger partial charge in [-0.3, -0.25) is 0 Å². The van der Waals surface area contributed by atoms with Crippen LogP contribution in [-0.2, 0) is 0 Å². The van der Waals surface area contributed by atoms with Crippen molar-refractivity contribution in [3.8, 4) is 39.2 Å². The first kappa shape index (κ1) is 25.5. The van der Waals surface area contributed by atoms with E-state index in [4.69, 9.17) is 4.98 Å². The summed E-state index contributed by atoms with van der Waals surface area (Å²) >= 11 is 0. The maximum absolute atomic E-state index is 5.15. The molecule has 0 N–H and O–H groups in total. The smallest absolute Gasteiger partial charge is 0.0722 e. The lowest BCUT2D eigenvalue weighted by Gasteiger charge is -2.14. The van der Waals surface area contributed by atoms with Crippen LogP contribution in [-0.4, -0.2) is 9.55 Å². The largest absolute Gasteiger partial charge is 0.309 e. The average molecular weight is 573 g/mol. The first-order chi connectivity index (χ1) is 22.3. The highest BCUT2D eigenvalue weighted by Crippen LogP contribution is 2.39. The van der Waals surface area contributed by atoms with Gasteiger partial charge in [0.05, 0.1) is 22.2 Å². The van der Waals surface area contributed by atoms with Crippen molar-refractivity contribution in [2.45, 2.75) is 0 Å². The summed E-state index contributed by atoms with van der Waals surface area (Å²) in [6, 6.07) is 60.9. The van der Waals surface area contributed by atoms with E-state index in [2.05, 4.69) is 174 Å². The van der Waals surface area contributed by atoms with Crippen LogP contribution in [0.4, 0.5) is 0 Å². The van der Waals surface area contributed by atoms with Crippen molar-refractivity contribution >= 4 is 43.5 Å². The molecule has 0 spiro atoms. The predicted octanol–water partition coefficient (Wildman–Crippen LogP) is 11.5. The summed E-state index contributed by atoms with van der Waals surface area (Å²) < 4.78 is 2.37. The minimum absolute atomic E-state index is 0.980. The molecule has 0 radical (unpaired) electrons. The molecule has 0 fully saturated rings. The van der Waals surface area contributed by atoms with Gasteiger partial charge in [-0.1, -0.05) is 121 Å². The van der Waals surface area contributed by atoms with Crippen molar-refractivity contribution in [3.05, 3.63) is 170 Å². The number of nitrogens with zero attached hydrogens (tertiary/aromatic N) is 2. The molecule has 2 heterocycles. The monoisotopic (exact) mass is 572 g/mol. The van der Waals surface area contributed by atoms with E-state index in [1.54, 1.807) is 0 Å². The molecule has 2 nitrogen and oxygen atoms in total. The highest BCUT2D eigenvalue weighted by molar-refractivity contribution is 6.14. The Bertz CT molecular complexity index is 2530. The van der Waals surface area contributed by atoms with Gasteiger partial charge in [-0.05, 0) is 81.6 Å². The van der Waals surface area contributed by atoms with Gasteiger partial charge in [-0.15, -0.1) is 0 Å². The van der Waals surface area contributed by atoms with Crippen molar-refractivity contribution in [2.24, 2.45) is 0 Å². The van der Waals surface area contributed by atoms with E-state index in [-0.39, 0.29) is 0 Å². The van der Waals surface area contributed by atoms with Gasteiger partial charge in [0.2, 0.25) is 0 Å². The van der Waals surface area contributed by atoms with E-state index >= 15 is 0 Å². The van der Waals surface area contributed by atoms with Gasteiger partial charge < -0.3 is 4.57 Å². The lowest BCUT2D eigenvalue weighted by Crippen LogP contribution is -1.93. The summed E-state index contributed by atoms with van der Waals surface area (Å²) in [5, 5.41) is 6.14. The topological polar surface area (TPSA) is 17.8 Å². The standard InChI is InChI=1S/C43H28N2/c1-3-13-30(14-4-1)40-28-37(43-35-19-8-7-12-29(35)22-24-39(43)44-40)33-16-11-15-31(26-33)32-23-25-42-38(27-32)36-20-9-10-21-41(36)45(42)34-17-5-2-6-18-34/h1-28H. The minimum Gasteiger partial charge on any atom is -0.309 e. The third-order valence-electron chi connectivity index (χ3n) is 8.96. The van der Waals surface area contributed by atoms with Crippen LogP contribution >= 0.6 is 0 Å². The van der Waals surface area contributed by atoms with Crippen molar-refractivity contribution in [3.63, 3.8) is 0 Å². The molecule has 2 heteroatoms. The Kier molecular flexibility index (Phi) is 5.85. The van der Waals surface area contributed by atoms with Crippen LogP contribution in [0, 0.1) is 0 Å². The highest BCUT2D eigenvalue weighted by Gasteiger charge is 2.15. The van der Waals surface area contributed by atoms with Gasteiger partial charge in [-0.2, -0.15) is 0 Å². The number of fused-ring (bicyclic) bond motifs is 6. The first-order valence-electron chi connectivity index (χ1n) is 15.4. The summed E-state index contributed by atoms with van der Waals surface area (Å²) in [5.41, 5.74) is 11.5. The van der Waals surface area contributed by atoms with E-state index < -0.39 is 0 Å². The zero-order valence-corrected chi connectivity index (χ0v) is 24.6. The molecule has 0 unspecified atom stereocenters. The summed E-state index contributed by atoms with van der Waals surface area (Å²) in [7, 11) is 0. The van der Waals surface area contributed by atoms with Gasteiger partial charge in [-0.25, -0.2) is 4.98 Å². The molecule has 0 aliphatic heterocycles. The Morgan fingerprint density at radius 2 is 1.07 bits per heavy atom. The normalized spacial score (nSPS) is 11.6. The molecule has 0 saturated heterocycles. The predicted molar refractivity (Wildman–Crippen MR) is 190 cm³/mol. The third-order valence-corrected chi connectivity index (χ3v) is 8.96. The van der Waals surface area contributed by atoms with E-state index in [1.807, 2.05) is 0 Å². The molecule has 0 aliphatic carbocycles. The van der Waals surface area contributed by atoms with Crippen molar-refractivity contribution < 1.29 is 0 Å². The van der Waals surface area contributed by atoms with Crippen LogP contribution < -0.4 is 0 Å². The van der Waals surface area contributed by atoms with Crippen LogP contribution in [0.15, 0.2) is 170 Å². The summed E-state index contributed by atoms with van der Waals surface area (Å²) in [6.07, 6.45) is 0. The zero-order chi connectivity index (χ0) is 29.7. The molecule has 9 rings (SSSR count). The maximum atomic E-state index is 5.15. The Morgan fingerprint density at radius 3 is 1.93 bits per heavy atom. The number of pyridine rings is 1. The summed E-state index contributed by atoms with van der Waals surface area (Å²) in [5.74, 6) is 0. The van der Waals surface area contributed by atoms with Gasteiger partial charge in [0.25, 0.3) is 0 Å². The highest BCUT2D eigenvalue weighted by atomic mass is 15.0. The third kappa shape index (κ3) is 4.22. The van der Waals surface area contributed by atoms with Gasteiger partial charge in [0.1, 0.15) is 0 Å². The second-order valence-corrected chi connectivity index (χ2v) is 11.6. The van der Waals surface area contributed by atoms with E-state index in [0.717, 1.165) is 16.8 Å².